The predicted molar refractivity (Wildman–Crippen MR) is 114 cm³/mol. The van der Waals surface area contributed by atoms with E-state index in [1.807, 2.05) is 6.92 Å². The number of amides is 2. The number of alkyl halides is 3. The van der Waals surface area contributed by atoms with Crippen LogP contribution in [0.1, 0.15) is 50.8 Å². The maximum atomic E-state index is 13.0. The standard InChI is InChI=1S/C23H30F3N3O3/c1-4-29-18(14-28-12-10-15(3)11-13-28)19(21(30)32-5-2)20(27-22(29)31)16-6-8-17(9-7-16)23(24,25)26/h6-9,15,20H,4-5,10-14H2,1-3H3,(H,27,31)/t20-/m0/s1. The summed E-state index contributed by atoms with van der Waals surface area (Å²) in [4.78, 5) is 29.6. The number of rotatable bonds is 6. The van der Waals surface area contributed by atoms with Gasteiger partial charge < -0.3 is 10.1 Å². The van der Waals surface area contributed by atoms with Gasteiger partial charge in [0, 0.05) is 18.8 Å². The summed E-state index contributed by atoms with van der Waals surface area (Å²) < 4.78 is 44.3. The highest BCUT2D eigenvalue weighted by Crippen LogP contribution is 2.35. The van der Waals surface area contributed by atoms with Crippen LogP contribution in [0.3, 0.4) is 0 Å². The fourth-order valence-electron chi connectivity index (χ4n) is 4.20. The first-order valence-electron chi connectivity index (χ1n) is 11.0. The molecule has 6 nitrogen and oxygen atoms in total. The van der Waals surface area contributed by atoms with Crippen LogP contribution in [0.5, 0.6) is 0 Å². The average Bonchev–Trinajstić information content (AvgIpc) is 2.74. The molecule has 0 aromatic heterocycles. The highest BCUT2D eigenvalue weighted by atomic mass is 19.4. The Kier molecular flexibility index (Phi) is 7.48. The van der Waals surface area contributed by atoms with Gasteiger partial charge in [-0.25, -0.2) is 9.59 Å². The second kappa shape index (κ2) is 9.94. The van der Waals surface area contributed by atoms with Crippen molar-refractivity contribution >= 4 is 12.0 Å². The Hall–Kier alpha value is -2.55. The second-order valence-electron chi connectivity index (χ2n) is 8.29. The van der Waals surface area contributed by atoms with Crippen molar-refractivity contribution in [2.45, 2.75) is 45.8 Å². The normalized spacial score (nSPS) is 21.0. The van der Waals surface area contributed by atoms with Gasteiger partial charge in [0.05, 0.1) is 23.8 Å². The molecule has 1 atom stereocenters. The summed E-state index contributed by atoms with van der Waals surface area (Å²) in [5, 5.41) is 2.78. The van der Waals surface area contributed by atoms with Gasteiger partial charge in [-0.05, 0) is 63.4 Å². The lowest BCUT2D eigenvalue weighted by molar-refractivity contribution is -0.139. The van der Waals surface area contributed by atoms with E-state index in [1.54, 1.807) is 6.92 Å². The highest BCUT2D eigenvalue weighted by molar-refractivity contribution is 5.95. The molecule has 1 aromatic rings. The Morgan fingerprint density at radius 1 is 1.16 bits per heavy atom. The van der Waals surface area contributed by atoms with Crippen molar-refractivity contribution in [2.24, 2.45) is 5.92 Å². The lowest BCUT2D eigenvalue weighted by atomic mass is 9.92. The molecule has 1 saturated heterocycles. The number of piperidine rings is 1. The first kappa shape index (κ1) is 24.1. The molecular formula is C23H30F3N3O3. The van der Waals surface area contributed by atoms with E-state index < -0.39 is 23.8 Å². The van der Waals surface area contributed by atoms with Crippen molar-refractivity contribution < 1.29 is 27.5 Å². The maximum absolute atomic E-state index is 13.0. The Morgan fingerprint density at radius 2 is 1.78 bits per heavy atom. The number of urea groups is 1. The fraction of sp³-hybridized carbons (Fsp3) is 0.565. The highest BCUT2D eigenvalue weighted by Gasteiger charge is 2.39. The summed E-state index contributed by atoms with van der Waals surface area (Å²) in [5.74, 6) is 0.0535. The van der Waals surface area contributed by atoms with Crippen LogP contribution in [0.15, 0.2) is 35.5 Å². The van der Waals surface area contributed by atoms with Crippen molar-refractivity contribution in [3.05, 3.63) is 46.7 Å². The smallest absolute Gasteiger partial charge is 0.416 e. The van der Waals surface area contributed by atoms with E-state index in [-0.39, 0.29) is 18.2 Å². The number of nitrogens with one attached hydrogen (secondary N) is 1. The summed E-state index contributed by atoms with van der Waals surface area (Å²) >= 11 is 0. The van der Waals surface area contributed by atoms with Gasteiger partial charge in [-0.2, -0.15) is 13.2 Å². The number of likely N-dealkylation sites (tertiary alicyclic amines) is 1. The van der Waals surface area contributed by atoms with Crippen LogP contribution in [0, 0.1) is 5.92 Å². The molecule has 0 bridgehead atoms. The number of halogens is 3. The van der Waals surface area contributed by atoms with Gasteiger partial charge in [-0.1, -0.05) is 19.1 Å². The zero-order chi connectivity index (χ0) is 23.5. The Labute approximate surface area is 186 Å². The largest absolute Gasteiger partial charge is 0.463 e. The molecule has 32 heavy (non-hydrogen) atoms. The van der Waals surface area contributed by atoms with E-state index in [4.69, 9.17) is 4.74 Å². The minimum Gasteiger partial charge on any atom is -0.463 e. The van der Waals surface area contributed by atoms with E-state index >= 15 is 0 Å². The van der Waals surface area contributed by atoms with E-state index in [0.29, 0.717) is 30.3 Å². The molecule has 1 aromatic carbocycles. The minimum absolute atomic E-state index is 0.149. The maximum Gasteiger partial charge on any atom is 0.416 e. The average molecular weight is 454 g/mol. The molecule has 0 unspecified atom stereocenters. The monoisotopic (exact) mass is 453 g/mol. The van der Waals surface area contributed by atoms with Crippen LogP contribution in [0.25, 0.3) is 0 Å². The quantitative estimate of drug-likeness (QED) is 0.651. The van der Waals surface area contributed by atoms with E-state index in [2.05, 4.69) is 17.1 Å². The third-order valence-corrected chi connectivity index (χ3v) is 6.07. The number of ether oxygens (including phenoxy) is 1. The number of hydrogen-bond donors (Lipinski definition) is 1. The zero-order valence-electron chi connectivity index (χ0n) is 18.7. The summed E-state index contributed by atoms with van der Waals surface area (Å²) in [6, 6.07) is 3.25. The molecule has 0 radical (unpaired) electrons. The van der Waals surface area contributed by atoms with Crippen molar-refractivity contribution in [2.75, 3.05) is 32.8 Å². The molecular weight excluding hydrogens is 423 g/mol. The van der Waals surface area contributed by atoms with Gasteiger partial charge in [0.1, 0.15) is 0 Å². The first-order valence-corrected chi connectivity index (χ1v) is 11.0. The topological polar surface area (TPSA) is 61.9 Å². The van der Waals surface area contributed by atoms with Crippen LogP contribution in [-0.4, -0.2) is 54.6 Å². The summed E-state index contributed by atoms with van der Waals surface area (Å²) in [7, 11) is 0. The number of esters is 1. The van der Waals surface area contributed by atoms with Gasteiger partial charge in [-0.15, -0.1) is 0 Å². The summed E-state index contributed by atoms with van der Waals surface area (Å²) in [6.07, 6.45) is -2.41. The van der Waals surface area contributed by atoms with Crippen LogP contribution in [0.2, 0.25) is 0 Å². The van der Waals surface area contributed by atoms with Crippen molar-refractivity contribution in [1.82, 2.24) is 15.1 Å². The molecule has 1 fully saturated rings. The molecule has 0 spiro atoms. The lowest BCUT2D eigenvalue weighted by Gasteiger charge is -2.39. The van der Waals surface area contributed by atoms with E-state index in [9.17, 15) is 22.8 Å². The molecule has 9 heteroatoms. The van der Waals surface area contributed by atoms with Crippen molar-refractivity contribution in [1.29, 1.82) is 0 Å². The number of likely N-dealkylation sites (N-methyl/N-ethyl adjacent to an activating group) is 1. The van der Waals surface area contributed by atoms with Gasteiger partial charge in [0.2, 0.25) is 0 Å². The van der Waals surface area contributed by atoms with E-state index in [1.165, 1.54) is 17.0 Å². The van der Waals surface area contributed by atoms with Crippen LogP contribution >= 0.6 is 0 Å². The first-order chi connectivity index (χ1) is 15.2. The molecule has 0 aliphatic carbocycles. The SMILES string of the molecule is CCOC(=O)C1=C(CN2CCC(C)CC2)N(CC)C(=O)N[C@H]1c1ccc(C(F)(F)F)cc1. The summed E-state index contributed by atoms with van der Waals surface area (Å²) in [6.45, 7) is 8.32. The summed E-state index contributed by atoms with van der Waals surface area (Å²) in [5.41, 5.74) is 0.429. The Balaban J connectivity index is 2.04. The predicted octanol–water partition coefficient (Wildman–Crippen LogP) is 4.34. The number of carbonyl (C=O) groups excluding carboxylic acids is 2. The third kappa shape index (κ3) is 5.26. The van der Waals surface area contributed by atoms with Gasteiger partial charge in [0.25, 0.3) is 0 Å². The van der Waals surface area contributed by atoms with Crippen molar-refractivity contribution in [3.63, 3.8) is 0 Å². The minimum atomic E-state index is -4.47. The molecule has 2 heterocycles. The zero-order valence-corrected chi connectivity index (χ0v) is 18.7. The molecule has 0 saturated carbocycles. The van der Waals surface area contributed by atoms with E-state index in [0.717, 1.165) is 38.1 Å². The molecule has 3 rings (SSSR count). The molecule has 2 aliphatic rings. The fourth-order valence-corrected chi connectivity index (χ4v) is 4.20. The van der Waals surface area contributed by atoms with Gasteiger partial charge in [0.15, 0.2) is 0 Å². The van der Waals surface area contributed by atoms with Crippen molar-refractivity contribution in [3.8, 4) is 0 Å². The second-order valence-corrected chi connectivity index (χ2v) is 8.29. The van der Waals surface area contributed by atoms with Gasteiger partial charge in [-0.3, -0.25) is 9.80 Å². The van der Waals surface area contributed by atoms with Crippen LogP contribution in [0.4, 0.5) is 18.0 Å². The van der Waals surface area contributed by atoms with Crippen LogP contribution < -0.4 is 5.32 Å². The molecule has 2 aliphatic heterocycles. The third-order valence-electron chi connectivity index (χ3n) is 6.07. The molecule has 1 N–H and O–H groups in total. The number of carbonyl (C=O) groups is 2. The molecule has 176 valence electrons. The number of benzene rings is 1. The Bertz CT molecular complexity index is 859. The number of nitrogens with zero attached hydrogens (tertiary/aromatic N) is 2. The Morgan fingerprint density at radius 3 is 2.31 bits per heavy atom. The van der Waals surface area contributed by atoms with Crippen LogP contribution in [-0.2, 0) is 15.7 Å². The lowest BCUT2D eigenvalue weighted by Crippen LogP contribution is -2.51. The molecule has 2 amide bonds. The van der Waals surface area contributed by atoms with Gasteiger partial charge >= 0.3 is 18.2 Å². The number of hydrogen-bond acceptors (Lipinski definition) is 4.